The summed E-state index contributed by atoms with van der Waals surface area (Å²) in [4.78, 5) is 38.3. The monoisotopic (exact) mass is 1030 g/mol. The van der Waals surface area contributed by atoms with Gasteiger partial charge in [-0.25, -0.2) is 0 Å². The molecule has 0 fully saturated rings. The van der Waals surface area contributed by atoms with Crippen LogP contribution < -0.4 is 0 Å². The summed E-state index contributed by atoms with van der Waals surface area (Å²) >= 11 is 0. The van der Waals surface area contributed by atoms with Gasteiger partial charge in [0.2, 0.25) is 0 Å². The van der Waals surface area contributed by atoms with Gasteiger partial charge in [0.25, 0.3) is 0 Å². The van der Waals surface area contributed by atoms with Crippen molar-refractivity contribution >= 4 is 17.9 Å². The Balaban J connectivity index is 4.28. The van der Waals surface area contributed by atoms with Crippen LogP contribution in [0.3, 0.4) is 0 Å². The Morgan fingerprint density at radius 3 is 0.685 bits per heavy atom. The molecule has 0 bridgehead atoms. The number of hydrogen-bond donors (Lipinski definition) is 0. The Morgan fingerprint density at radius 2 is 0.452 bits per heavy atom. The third kappa shape index (κ3) is 60.6. The van der Waals surface area contributed by atoms with E-state index in [4.69, 9.17) is 14.2 Å². The van der Waals surface area contributed by atoms with Crippen LogP contribution in [0.1, 0.15) is 367 Å². The standard InChI is InChI=1S/C67H126O6/c1-4-7-10-13-16-19-22-25-28-30-32-33-34-35-36-38-39-42-45-48-51-54-57-60-66(69)72-63-64(62-71-65(68)59-56-53-50-47-44-41-27-24-21-18-15-12-9-6-3)73-67(70)61-58-55-52-49-46-43-40-37-31-29-26-23-20-17-14-11-8-5-2/h29-32,64H,4-28,33-63H2,1-3H3/b31-29-,32-30-. The van der Waals surface area contributed by atoms with Gasteiger partial charge >= 0.3 is 17.9 Å². The average molecular weight is 1030 g/mol. The highest BCUT2D eigenvalue weighted by Crippen LogP contribution is 2.18. The van der Waals surface area contributed by atoms with Crippen molar-refractivity contribution in [3.05, 3.63) is 24.3 Å². The quantitative estimate of drug-likeness (QED) is 0.0261. The molecule has 0 radical (unpaired) electrons. The van der Waals surface area contributed by atoms with Gasteiger partial charge in [0.1, 0.15) is 13.2 Å². The highest BCUT2D eigenvalue weighted by molar-refractivity contribution is 5.71. The molecule has 73 heavy (non-hydrogen) atoms. The highest BCUT2D eigenvalue weighted by atomic mass is 16.6. The second-order valence-corrected chi connectivity index (χ2v) is 22.4. The minimum Gasteiger partial charge on any atom is -0.462 e. The van der Waals surface area contributed by atoms with Crippen LogP contribution in [0, 0.1) is 0 Å². The van der Waals surface area contributed by atoms with Gasteiger partial charge in [0, 0.05) is 19.3 Å². The highest BCUT2D eigenvalue weighted by Gasteiger charge is 2.19. The van der Waals surface area contributed by atoms with E-state index < -0.39 is 6.10 Å². The van der Waals surface area contributed by atoms with Crippen LogP contribution in [0.2, 0.25) is 0 Å². The number of unbranched alkanes of at least 4 members (excludes halogenated alkanes) is 46. The predicted molar refractivity (Wildman–Crippen MR) is 316 cm³/mol. The molecule has 0 amide bonds. The molecule has 0 aromatic heterocycles. The molecule has 0 aromatic carbocycles. The van der Waals surface area contributed by atoms with E-state index in [1.54, 1.807) is 0 Å². The normalized spacial score (nSPS) is 12.1. The Kier molecular flexibility index (Phi) is 60.6. The smallest absolute Gasteiger partial charge is 0.306 e. The molecule has 0 aliphatic heterocycles. The maximum absolute atomic E-state index is 12.9. The minimum atomic E-state index is -0.771. The first kappa shape index (κ1) is 70.9. The van der Waals surface area contributed by atoms with Gasteiger partial charge in [-0.1, -0.05) is 302 Å². The van der Waals surface area contributed by atoms with Gasteiger partial charge in [-0.15, -0.1) is 0 Å². The van der Waals surface area contributed by atoms with Crippen molar-refractivity contribution in [3.8, 4) is 0 Å². The van der Waals surface area contributed by atoms with Crippen LogP contribution >= 0.6 is 0 Å². The molecule has 430 valence electrons. The minimum absolute atomic E-state index is 0.0679. The molecule has 0 aliphatic rings. The number of esters is 3. The van der Waals surface area contributed by atoms with Crippen molar-refractivity contribution in [1.82, 2.24) is 0 Å². The zero-order valence-corrected chi connectivity index (χ0v) is 49.4. The van der Waals surface area contributed by atoms with Gasteiger partial charge in [-0.3, -0.25) is 14.4 Å². The van der Waals surface area contributed by atoms with Crippen molar-refractivity contribution in [2.75, 3.05) is 13.2 Å². The lowest BCUT2D eigenvalue weighted by Gasteiger charge is -2.18. The second kappa shape index (κ2) is 62.4. The summed E-state index contributed by atoms with van der Waals surface area (Å²) in [5, 5.41) is 0. The van der Waals surface area contributed by atoms with Crippen LogP contribution in [0.15, 0.2) is 24.3 Å². The molecule has 0 saturated heterocycles. The van der Waals surface area contributed by atoms with E-state index >= 15 is 0 Å². The van der Waals surface area contributed by atoms with Gasteiger partial charge in [-0.2, -0.15) is 0 Å². The molecule has 1 unspecified atom stereocenters. The topological polar surface area (TPSA) is 78.9 Å². The number of carbonyl (C=O) groups excluding carboxylic acids is 3. The van der Waals surface area contributed by atoms with Crippen molar-refractivity contribution in [2.45, 2.75) is 374 Å². The maximum Gasteiger partial charge on any atom is 0.306 e. The summed E-state index contributed by atoms with van der Waals surface area (Å²) in [5.41, 5.74) is 0. The Labute approximate surface area is 455 Å². The molecule has 1 atom stereocenters. The van der Waals surface area contributed by atoms with E-state index in [2.05, 4.69) is 45.1 Å². The molecular weight excluding hydrogens is 901 g/mol. The van der Waals surface area contributed by atoms with Crippen molar-refractivity contribution in [1.29, 1.82) is 0 Å². The van der Waals surface area contributed by atoms with Crippen molar-refractivity contribution < 1.29 is 28.6 Å². The molecule has 6 heteroatoms. The van der Waals surface area contributed by atoms with Gasteiger partial charge in [0.05, 0.1) is 0 Å². The molecule has 0 rings (SSSR count). The van der Waals surface area contributed by atoms with Crippen LogP contribution in [0.25, 0.3) is 0 Å². The third-order valence-corrected chi connectivity index (χ3v) is 14.9. The van der Waals surface area contributed by atoms with Gasteiger partial charge in [0.15, 0.2) is 6.10 Å². The molecule has 0 heterocycles. The van der Waals surface area contributed by atoms with Crippen molar-refractivity contribution in [3.63, 3.8) is 0 Å². The number of allylic oxidation sites excluding steroid dienone is 4. The first-order valence-corrected chi connectivity index (χ1v) is 32.8. The number of rotatable bonds is 61. The molecule has 6 nitrogen and oxygen atoms in total. The Bertz CT molecular complexity index is 1180. The van der Waals surface area contributed by atoms with E-state index in [0.717, 1.165) is 57.8 Å². The first-order valence-electron chi connectivity index (χ1n) is 32.8. The van der Waals surface area contributed by atoms with Crippen LogP contribution in [0.4, 0.5) is 0 Å². The summed E-state index contributed by atoms with van der Waals surface area (Å²) in [7, 11) is 0. The second-order valence-electron chi connectivity index (χ2n) is 22.4. The maximum atomic E-state index is 12.9. The fourth-order valence-corrected chi connectivity index (χ4v) is 9.97. The van der Waals surface area contributed by atoms with Crippen molar-refractivity contribution in [2.24, 2.45) is 0 Å². The van der Waals surface area contributed by atoms with Crippen LogP contribution in [0.5, 0.6) is 0 Å². The zero-order valence-electron chi connectivity index (χ0n) is 49.4. The average Bonchev–Trinajstić information content (AvgIpc) is 3.39. The summed E-state index contributed by atoms with van der Waals surface area (Å²) in [6.07, 6.45) is 74.7. The first-order chi connectivity index (χ1) is 36.0. The largest absolute Gasteiger partial charge is 0.462 e. The zero-order chi connectivity index (χ0) is 52.9. The Morgan fingerprint density at radius 1 is 0.260 bits per heavy atom. The summed E-state index contributed by atoms with van der Waals surface area (Å²) in [5.74, 6) is -0.846. The lowest BCUT2D eigenvalue weighted by Crippen LogP contribution is -2.30. The number of carbonyl (C=O) groups is 3. The summed E-state index contributed by atoms with van der Waals surface area (Å²) in [6, 6.07) is 0. The van der Waals surface area contributed by atoms with E-state index in [1.807, 2.05) is 0 Å². The Hall–Kier alpha value is -2.11. The van der Waals surface area contributed by atoms with Crippen LogP contribution in [-0.2, 0) is 28.6 Å². The predicted octanol–water partition coefficient (Wildman–Crippen LogP) is 22.2. The van der Waals surface area contributed by atoms with Crippen LogP contribution in [-0.4, -0.2) is 37.2 Å². The van der Waals surface area contributed by atoms with Gasteiger partial charge < -0.3 is 14.2 Å². The summed E-state index contributed by atoms with van der Waals surface area (Å²) in [6.45, 7) is 6.70. The van der Waals surface area contributed by atoms with Gasteiger partial charge in [-0.05, 0) is 70.6 Å². The number of hydrogen-bond acceptors (Lipinski definition) is 6. The third-order valence-electron chi connectivity index (χ3n) is 14.9. The fraction of sp³-hybridized carbons (Fsp3) is 0.896. The molecular formula is C67H126O6. The molecule has 0 aromatic rings. The SMILES string of the molecule is CCCCCCCCC/C=C\CCCCCCCCCC(=O)OC(COC(=O)CCCCCCCCCCCCC/C=C\CCCCCCCCCC)COC(=O)CCCCCCCCCCCCCCCC. The van der Waals surface area contributed by atoms with E-state index in [-0.39, 0.29) is 31.1 Å². The summed E-state index contributed by atoms with van der Waals surface area (Å²) < 4.78 is 17.0. The number of ether oxygens (including phenoxy) is 3. The lowest BCUT2D eigenvalue weighted by molar-refractivity contribution is -0.167. The van der Waals surface area contributed by atoms with E-state index in [9.17, 15) is 14.4 Å². The molecule has 0 spiro atoms. The van der Waals surface area contributed by atoms with E-state index in [0.29, 0.717) is 19.3 Å². The molecule has 0 aliphatic carbocycles. The van der Waals surface area contributed by atoms with E-state index in [1.165, 1.54) is 270 Å². The fourth-order valence-electron chi connectivity index (χ4n) is 9.97. The molecule has 0 saturated carbocycles. The molecule has 0 N–H and O–H groups in total. The lowest BCUT2D eigenvalue weighted by atomic mass is 10.0.